The molecule has 1 atom stereocenters. The molecule has 114 valence electrons. The first-order valence-electron chi connectivity index (χ1n) is 8.56. The van der Waals surface area contributed by atoms with Crippen LogP contribution in [0.1, 0.15) is 77.6 Å². The molecule has 0 amide bonds. The van der Waals surface area contributed by atoms with E-state index in [1.165, 1.54) is 57.8 Å². The van der Waals surface area contributed by atoms with Gasteiger partial charge in [0.1, 0.15) is 5.54 Å². The molecule has 0 aromatic heterocycles. The number of likely N-dealkylation sites (tertiary alicyclic amines) is 1. The fourth-order valence-electron chi connectivity index (χ4n) is 5.11. The maximum absolute atomic E-state index is 11.7. The minimum Gasteiger partial charge on any atom is -0.480 e. The number of piperidine rings is 1. The SMILES string of the molecule is CC1(C(=O)O)CCCCN1C1CCC2(CCCC2)CC1. The van der Waals surface area contributed by atoms with Crippen molar-refractivity contribution in [3.63, 3.8) is 0 Å². The van der Waals surface area contributed by atoms with Gasteiger partial charge >= 0.3 is 5.97 Å². The van der Waals surface area contributed by atoms with Crippen LogP contribution in [0, 0.1) is 5.41 Å². The monoisotopic (exact) mass is 279 g/mol. The second-order valence-electron chi connectivity index (χ2n) is 7.67. The second-order valence-corrected chi connectivity index (χ2v) is 7.67. The third-order valence-electron chi connectivity index (χ3n) is 6.53. The van der Waals surface area contributed by atoms with E-state index in [2.05, 4.69) is 4.90 Å². The largest absolute Gasteiger partial charge is 0.480 e. The van der Waals surface area contributed by atoms with E-state index in [9.17, 15) is 9.90 Å². The molecule has 3 heteroatoms. The Morgan fingerprint density at radius 1 is 1.00 bits per heavy atom. The molecule has 3 rings (SSSR count). The van der Waals surface area contributed by atoms with Gasteiger partial charge in [-0.2, -0.15) is 0 Å². The highest BCUT2D eigenvalue weighted by atomic mass is 16.4. The van der Waals surface area contributed by atoms with Crippen molar-refractivity contribution in [1.82, 2.24) is 4.90 Å². The zero-order valence-corrected chi connectivity index (χ0v) is 12.9. The molecular weight excluding hydrogens is 250 g/mol. The first-order valence-corrected chi connectivity index (χ1v) is 8.56. The smallest absolute Gasteiger partial charge is 0.323 e. The highest BCUT2D eigenvalue weighted by Crippen LogP contribution is 2.50. The summed E-state index contributed by atoms with van der Waals surface area (Å²) in [6.07, 6.45) is 13.9. The van der Waals surface area contributed by atoms with E-state index in [1.54, 1.807) is 0 Å². The van der Waals surface area contributed by atoms with E-state index < -0.39 is 11.5 Å². The molecule has 0 aromatic rings. The number of carboxylic acid groups (broad SMARTS) is 1. The molecule has 0 aromatic carbocycles. The van der Waals surface area contributed by atoms with Gasteiger partial charge in [0.05, 0.1) is 0 Å². The van der Waals surface area contributed by atoms with Crippen LogP contribution in [-0.2, 0) is 4.79 Å². The van der Waals surface area contributed by atoms with E-state index in [-0.39, 0.29) is 0 Å². The number of hydrogen-bond acceptors (Lipinski definition) is 2. The van der Waals surface area contributed by atoms with Gasteiger partial charge in [-0.05, 0) is 76.7 Å². The van der Waals surface area contributed by atoms with Crippen molar-refractivity contribution in [2.24, 2.45) is 5.41 Å². The highest BCUT2D eigenvalue weighted by molar-refractivity contribution is 5.78. The lowest BCUT2D eigenvalue weighted by Gasteiger charge is -2.49. The quantitative estimate of drug-likeness (QED) is 0.835. The van der Waals surface area contributed by atoms with Gasteiger partial charge in [-0.3, -0.25) is 9.69 Å². The Morgan fingerprint density at radius 2 is 1.60 bits per heavy atom. The summed E-state index contributed by atoms with van der Waals surface area (Å²) >= 11 is 0. The summed E-state index contributed by atoms with van der Waals surface area (Å²) in [4.78, 5) is 14.1. The van der Waals surface area contributed by atoms with E-state index in [0.29, 0.717) is 11.5 Å². The summed E-state index contributed by atoms with van der Waals surface area (Å²) in [7, 11) is 0. The van der Waals surface area contributed by atoms with E-state index in [1.807, 2.05) is 6.92 Å². The predicted molar refractivity (Wildman–Crippen MR) is 79.8 cm³/mol. The Labute approximate surface area is 122 Å². The average Bonchev–Trinajstić information content (AvgIpc) is 2.89. The van der Waals surface area contributed by atoms with Crippen LogP contribution in [0.15, 0.2) is 0 Å². The maximum Gasteiger partial charge on any atom is 0.323 e. The Bertz CT molecular complexity index is 365. The molecule has 3 aliphatic rings. The minimum absolute atomic E-state index is 0.516. The van der Waals surface area contributed by atoms with Crippen LogP contribution in [-0.4, -0.2) is 34.1 Å². The van der Waals surface area contributed by atoms with Crippen molar-refractivity contribution < 1.29 is 9.90 Å². The average molecular weight is 279 g/mol. The predicted octanol–water partition coefficient (Wildman–Crippen LogP) is 3.82. The van der Waals surface area contributed by atoms with Gasteiger partial charge in [-0.15, -0.1) is 0 Å². The minimum atomic E-state index is -0.613. The summed E-state index contributed by atoms with van der Waals surface area (Å²) in [6.45, 7) is 2.94. The molecule has 2 saturated carbocycles. The molecular formula is C17H29NO2. The Kier molecular flexibility index (Phi) is 3.83. The number of carbonyl (C=O) groups is 1. The molecule has 0 bridgehead atoms. The van der Waals surface area contributed by atoms with Crippen LogP contribution in [0.5, 0.6) is 0 Å². The van der Waals surface area contributed by atoms with Gasteiger partial charge in [-0.25, -0.2) is 0 Å². The fraction of sp³-hybridized carbons (Fsp3) is 0.941. The van der Waals surface area contributed by atoms with Crippen LogP contribution >= 0.6 is 0 Å². The Balaban J connectivity index is 1.68. The van der Waals surface area contributed by atoms with Gasteiger partial charge in [0.25, 0.3) is 0 Å². The van der Waals surface area contributed by atoms with Crippen molar-refractivity contribution in [1.29, 1.82) is 0 Å². The summed E-state index contributed by atoms with van der Waals surface area (Å²) in [5.41, 5.74) is 0.0367. The molecule has 1 heterocycles. The third kappa shape index (κ3) is 2.38. The van der Waals surface area contributed by atoms with Gasteiger partial charge in [-0.1, -0.05) is 12.8 Å². The summed E-state index contributed by atoms with van der Waals surface area (Å²) in [5, 5.41) is 9.66. The lowest BCUT2D eigenvalue weighted by Crippen LogP contribution is -2.59. The highest BCUT2D eigenvalue weighted by Gasteiger charge is 2.47. The zero-order valence-electron chi connectivity index (χ0n) is 12.9. The van der Waals surface area contributed by atoms with Gasteiger partial charge in [0.15, 0.2) is 0 Å². The van der Waals surface area contributed by atoms with Crippen LogP contribution in [0.25, 0.3) is 0 Å². The Morgan fingerprint density at radius 3 is 2.20 bits per heavy atom. The van der Waals surface area contributed by atoms with Crippen molar-refractivity contribution >= 4 is 5.97 Å². The molecule has 1 spiro atoms. The number of rotatable bonds is 2. The summed E-state index contributed by atoms with van der Waals surface area (Å²) in [5.74, 6) is -0.613. The number of carboxylic acids is 1. The maximum atomic E-state index is 11.7. The van der Waals surface area contributed by atoms with Crippen LogP contribution in [0.2, 0.25) is 0 Å². The normalized spacial score (nSPS) is 35.5. The fourth-order valence-corrected chi connectivity index (χ4v) is 5.11. The molecule has 1 unspecified atom stereocenters. The first kappa shape index (κ1) is 14.4. The van der Waals surface area contributed by atoms with Crippen molar-refractivity contribution in [2.75, 3.05) is 6.54 Å². The lowest BCUT2D eigenvalue weighted by molar-refractivity contribution is -0.156. The molecule has 0 radical (unpaired) electrons. The van der Waals surface area contributed by atoms with Crippen LogP contribution in [0.4, 0.5) is 0 Å². The molecule has 1 aliphatic heterocycles. The molecule has 1 saturated heterocycles. The lowest BCUT2D eigenvalue weighted by atomic mass is 9.70. The number of aliphatic carboxylic acids is 1. The van der Waals surface area contributed by atoms with Crippen LogP contribution in [0.3, 0.4) is 0 Å². The first-order chi connectivity index (χ1) is 9.56. The van der Waals surface area contributed by atoms with Crippen molar-refractivity contribution in [3.05, 3.63) is 0 Å². The summed E-state index contributed by atoms with van der Waals surface area (Å²) < 4.78 is 0. The van der Waals surface area contributed by atoms with E-state index in [0.717, 1.165) is 19.4 Å². The summed E-state index contributed by atoms with van der Waals surface area (Å²) in [6, 6.07) is 0.516. The van der Waals surface area contributed by atoms with Gasteiger partial charge in [0, 0.05) is 6.04 Å². The second kappa shape index (κ2) is 5.32. The zero-order chi connectivity index (χ0) is 14.2. The third-order valence-corrected chi connectivity index (χ3v) is 6.53. The van der Waals surface area contributed by atoms with Gasteiger partial charge in [0.2, 0.25) is 0 Å². The molecule has 3 nitrogen and oxygen atoms in total. The van der Waals surface area contributed by atoms with E-state index >= 15 is 0 Å². The Hall–Kier alpha value is -0.570. The molecule has 1 N–H and O–H groups in total. The van der Waals surface area contributed by atoms with E-state index in [4.69, 9.17) is 0 Å². The topological polar surface area (TPSA) is 40.5 Å². The number of nitrogens with zero attached hydrogens (tertiary/aromatic N) is 1. The van der Waals surface area contributed by atoms with Gasteiger partial charge < -0.3 is 5.11 Å². The standard InChI is InChI=1S/C17H29NO2/c1-16(15(19)20)8-4-5-13-18(16)14-6-11-17(12-7-14)9-2-3-10-17/h14H,2-13H2,1H3,(H,19,20). The van der Waals surface area contributed by atoms with Crippen molar-refractivity contribution in [3.8, 4) is 0 Å². The molecule has 2 aliphatic carbocycles. The molecule has 20 heavy (non-hydrogen) atoms. The van der Waals surface area contributed by atoms with Crippen molar-refractivity contribution in [2.45, 2.75) is 89.1 Å². The molecule has 3 fully saturated rings. The number of hydrogen-bond donors (Lipinski definition) is 1. The van der Waals surface area contributed by atoms with Crippen LogP contribution < -0.4 is 0 Å².